The molecule has 0 atom stereocenters. The SMILES string of the molecule is C.CCCc1ccccc1CNC. The van der Waals surface area contributed by atoms with E-state index >= 15 is 0 Å². The highest BCUT2D eigenvalue weighted by Gasteiger charge is 1.97. The van der Waals surface area contributed by atoms with Gasteiger partial charge in [0.15, 0.2) is 0 Å². The van der Waals surface area contributed by atoms with E-state index in [1.165, 1.54) is 24.0 Å². The molecule has 1 heteroatoms. The fourth-order valence-corrected chi connectivity index (χ4v) is 1.43. The van der Waals surface area contributed by atoms with E-state index in [1.807, 2.05) is 7.05 Å². The highest BCUT2D eigenvalue weighted by atomic mass is 14.8. The summed E-state index contributed by atoms with van der Waals surface area (Å²) in [6, 6.07) is 8.63. The first-order valence-corrected chi connectivity index (χ1v) is 4.60. The maximum absolute atomic E-state index is 3.18. The lowest BCUT2D eigenvalue weighted by Gasteiger charge is -2.06. The van der Waals surface area contributed by atoms with E-state index in [0.29, 0.717) is 0 Å². The molecular weight excluding hydrogens is 158 g/mol. The zero-order chi connectivity index (χ0) is 8.81. The quantitative estimate of drug-likeness (QED) is 0.749. The smallest absolute Gasteiger partial charge is 0.0205 e. The maximum Gasteiger partial charge on any atom is 0.0205 e. The molecule has 0 saturated heterocycles. The molecule has 0 heterocycles. The van der Waals surface area contributed by atoms with Crippen LogP contribution in [0.5, 0.6) is 0 Å². The van der Waals surface area contributed by atoms with Crippen molar-refractivity contribution in [1.82, 2.24) is 5.32 Å². The fraction of sp³-hybridized carbons (Fsp3) is 0.500. The van der Waals surface area contributed by atoms with Gasteiger partial charge in [0.1, 0.15) is 0 Å². The van der Waals surface area contributed by atoms with Gasteiger partial charge in [0.25, 0.3) is 0 Å². The van der Waals surface area contributed by atoms with Crippen LogP contribution in [0.25, 0.3) is 0 Å². The number of nitrogens with one attached hydrogen (secondary N) is 1. The molecule has 1 aromatic carbocycles. The van der Waals surface area contributed by atoms with Gasteiger partial charge in [0.2, 0.25) is 0 Å². The third kappa shape index (κ3) is 3.60. The van der Waals surface area contributed by atoms with Crippen LogP contribution in [0.15, 0.2) is 24.3 Å². The highest BCUT2D eigenvalue weighted by molar-refractivity contribution is 5.26. The van der Waals surface area contributed by atoms with Crippen LogP contribution in [0.1, 0.15) is 31.9 Å². The molecule has 0 saturated carbocycles. The molecule has 0 aromatic heterocycles. The molecule has 1 N–H and O–H groups in total. The van der Waals surface area contributed by atoms with Crippen molar-refractivity contribution < 1.29 is 0 Å². The highest BCUT2D eigenvalue weighted by Crippen LogP contribution is 2.10. The molecule has 0 amide bonds. The Kier molecular flexibility index (Phi) is 6.25. The summed E-state index contributed by atoms with van der Waals surface area (Å²) in [4.78, 5) is 0. The summed E-state index contributed by atoms with van der Waals surface area (Å²) < 4.78 is 0. The van der Waals surface area contributed by atoms with Gasteiger partial charge < -0.3 is 5.32 Å². The van der Waals surface area contributed by atoms with Crippen LogP contribution in [0, 0.1) is 0 Å². The van der Waals surface area contributed by atoms with Crippen LogP contribution >= 0.6 is 0 Å². The number of benzene rings is 1. The number of hydrogen-bond acceptors (Lipinski definition) is 1. The first-order chi connectivity index (χ1) is 5.88. The summed E-state index contributed by atoms with van der Waals surface area (Å²) in [5.41, 5.74) is 2.91. The first kappa shape index (κ1) is 12.2. The lowest BCUT2D eigenvalue weighted by atomic mass is 10.0. The number of aryl methyl sites for hydroxylation is 1. The van der Waals surface area contributed by atoms with Gasteiger partial charge >= 0.3 is 0 Å². The maximum atomic E-state index is 3.18. The molecule has 1 nitrogen and oxygen atoms in total. The van der Waals surface area contributed by atoms with E-state index in [1.54, 1.807) is 0 Å². The lowest BCUT2D eigenvalue weighted by molar-refractivity contribution is 0.794. The minimum Gasteiger partial charge on any atom is -0.316 e. The Morgan fingerprint density at radius 2 is 1.77 bits per heavy atom. The third-order valence-corrected chi connectivity index (χ3v) is 2.00. The van der Waals surface area contributed by atoms with Crippen LogP contribution in [0.3, 0.4) is 0 Å². The summed E-state index contributed by atoms with van der Waals surface area (Å²) >= 11 is 0. The van der Waals surface area contributed by atoms with Gasteiger partial charge in [-0.25, -0.2) is 0 Å². The molecule has 0 radical (unpaired) electrons. The van der Waals surface area contributed by atoms with E-state index in [2.05, 4.69) is 36.5 Å². The van der Waals surface area contributed by atoms with E-state index in [0.717, 1.165) is 6.54 Å². The summed E-state index contributed by atoms with van der Waals surface area (Å²) in [5.74, 6) is 0. The predicted molar refractivity (Wildman–Crippen MR) is 59.9 cm³/mol. The van der Waals surface area contributed by atoms with Crippen molar-refractivity contribution in [2.24, 2.45) is 0 Å². The minimum absolute atomic E-state index is 0. The van der Waals surface area contributed by atoms with Crippen molar-refractivity contribution in [3.63, 3.8) is 0 Å². The third-order valence-electron chi connectivity index (χ3n) is 2.00. The first-order valence-electron chi connectivity index (χ1n) is 4.60. The Morgan fingerprint density at radius 1 is 1.15 bits per heavy atom. The van der Waals surface area contributed by atoms with E-state index in [4.69, 9.17) is 0 Å². The lowest BCUT2D eigenvalue weighted by Crippen LogP contribution is -2.07. The summed E-state index contributed by atoms with van der Waals surface area (Å²) in [6.07, 6.45) is 2.42. The zero-order valence-electron chi connectivity index (χ0n) is 7.93. The summed E-state index contributed by atoms with van der Waals surface area (Å²) in [6.45, 7) is 3.20. The number of rotatable bonds is 4. The predicted octanol–water partition coefficient (Wildman–Crippen LogP) is 2.99. The average Bonchev–Trinajstić information content (AvgIpc) is 2.09. The van der Waals surface area contributed by atoms with Crippen LogP contribution < -0.4 is 5.32 Å². The Bertz CT molecular complexity index is 205. The van der Waals surface area contributed by atoms with Crippen molar-refractivity contribution in [2.75, 3.05) is 7.05 Å². The molecule has 74 valence electrons. The van der Waals surface area contributed by atoms with Gasteiger partial charge in [-0.1, -0.05) is 45.0 Å². The molecule has 1 rings (SSSR count). The van der Waals surface area contributed by atoms with Gasteiger partial charge in [0, 0.05) is 6.54 Å². The molecule has 13 heavy (non-hydrogen) atoms. The molecule has 0 aliphatic heterocycles. The largest absolute Gasteiger partial charge is 0.316 e. The van der Waals surface area contributed by atoms with Crippen molar-refractivity contribution in [3.8, 4) is 0 Å². The van der Waals surface area contributed by atoms with Crippen LogP contribution in [0.2, 0.25) is 0 Å². The van der Waals surface area contributed by atoms with Gasteiger partial charge in [-0.15, -0.1) is 0 Å². The summed E-state index contributed by atoms with van der Waals surface area (Å²) in [5, 5.41) is 3.18. The van der Waals surface area contributed by atoms with Crippen LogP contribution in [-0.4, -0.2) is 7.05 Å². The van der Waals surface area contributed by atoms with E-state index in [-0.39, 0.29) is 7.43 Å². The normalized spacial score (nSPS) is 9.38. The summed E-state index contributed by atoms with van der Waals surface area (Å²) in [7, 11) is 1.99. The van der Waals surface area contributed by atoms with Gasteiger partial charge in [0.05, 0.1) is 0 Å². The Labute approximate surface area is 82.2 Å². The average molecular weight is 179 g/mol. The van der Waals surface area contributed by atoms with Gasteiger partial charge in [-0.05, 0) is 24.6 Å². The molecule has 0 fully saturated rings. The van der Waals surface area contributed by atoms with E-state index in [9.17, 15) is 0 Å². The zero-order valence-corrected chi connectivity index (χ0v) is 7.93. The molecule has 0 aliphatic rings. The molecule has 0 spiro atoms. The Morgan fingerprint density at radius 3 is 2.31 bits per heavy atom. The molecule has 1 aromatic rings. The van der Waals surface area contributed by atoms with Crippen molar-refractivity contribution in [1.29, 1.82) is 0 Å². The molecule has 0 unspecified atom stereocenters. The van der Waals surface area contributed by atoms with Gasteiger partial charge in [-0.2, -0.15) is 0 Å². The van der Waals surface area contributed by atoms with Crippen LogP contribution in [0.4, 0.5) is 0 Å². The standard InChI is InChI=1S/C11H17N.CH4/c1-3-6-10-7-4-5-8-11(10)9-12-2;/h4-5,7-8,12H,3,6,9H2,1-2H3;1H4. The Hall–Kier alpha value is -0.820. The van der Waals surface area contributed by atoms with Crippen LogP contribution in [-0.2, 0) is 13.0 Å². The second-order valence-electron chi connectivity index (χ2n) is 3.05. The van der Waals surface area contributed by atoms with Crippen molar-refractivity contribution in [2.45, 2.75) is 33.7 Å². The number of hydrogen-bond donors (Lipinski definition) is 1. The molecule has 0 bridgehead atoms. The van der Waals surface area contributed by atoms with Gasteiger partial charge in [-0.3, -0.25) is 0 Å². The Balaban J connectivity index is 0.00000144. The van der Waals surface area contributed by atoms with Crippen molar-refractivity contribution >= 4 is 0 Å². The second kappa shape index (κ2) is 6.67. The minimum atomic E-state index is 0. The topological polar surface area (TPSA) is 12.0 Å². The van der Waals surface area contributed by atoms with E-state index < -0.39 is 0 Å². The monoisotopic (exact) mass is 179 g/mol. The fourth-order valence-electron chi connectivity index (χ4n) is 1.43. The second-order valence-corrected chi connectivity index (χ2v) is 3.05. The van der Waals surface area contributed by atoms with Crippen molar-refractivity contribution in [3.05, 3.63) is 35.4 Å². The molecular formula is C12H21N. The molecule has 0 aliphatic carbocycles.